The molecule has 1 amide bonds. The van der Waals surface area contributed by atoms with Gasteiger partial charge in [0.25, 0.3) is 5.91 Å². The van der Waals surface area contributed by atoms with E-state index >= 15 is 0 Å². The summed E-state index contributed by atoms with van der Waals surface area (Å²) in [5.41, 5.74) is -0.465. The Labute approximate surface area is 107 Å². The Hall–Kier alpha value is -0.970. The number of halogens is 3. The van der Waals surface area contributed by atoms with E-state index in [-0.39, 0.29) is 10.5 Å². The first-order valence-corrected chi connectivity index (χ1v) is 6.26. The van der Waals surface area contributed by atoms with Crippen LogP contribution in [0, 0.1) is 11.6 Å². The SMILES string of the molecule is C[C@@H]1CCCN1C(=O)c1c(F)ccc(Br)c1F. The van der Waals surface area contributed by atoms with E-state index in [1.54, 1.807) is 0 Å². The third-order valence-corrected chi connectivity index (χ3v) is 3.68. The van der Waals surface area contributed by atoms with Crippen LogP contribution >= 0.6 is 15.9 Å². The minimum atomic E-state index is -0.825. The van der Waals surface area contributed by atoms with Crippen LogP contribution in [-0.4, -0.2) is 23.4 Å². The Bertz CT molecular complexity index is 464. The molecule has 17 heavy (non-hydrogen) atoms. The Morgan fingerprint density at radius 2 is 2.18 bits per heavy atom. The molecule has 0 aliphatic carbocycles. The maximum Gasteiger partial charge on any atom is 0.260 e. The summed E-state index contributed by atoms with van der Waals surface area (Å²) in [5, 5.41) is 0. The van der Waals surface area contributed by atoms with Crippen molar-refractivity contribution in [3.63, 3.8) is 0 Å². The molecule has 92 valence electrons. The fraction of sp³-hybridized carbons (Fsp3) is 0.417. The number of benzene rings is 1. The largest absolute Gasteiger partial charge is 0.336 e. The first kappa shape index (κ1) is 12.5. The molecule has 0 unspecified atom stereocenters. The van der Waals surface area contributed by atoms with Crippen LogP contribution < -0.4 is 0 Å². The van der Waals surface area contributed by atoms with E-state index in [0.717, 1.165) is 18.9 Å². The number of amides is 1. The van der Waals surface area contributed by atoms with E-state index in [9.17, 15) is 13.6 Å². The van der Waals surface area contributed by atoms with Gasteiger partial charge in [0.1, 0.15) is 11.4 Å². The van der Waals surface area contributed by atoms with Gasteiger partial charge in [-0.05, 0) is 47.8 Å². The lowest BCUT2D eigenvalue weighted by atomic mass is 10.1. The highest BCUT2D eigenvalue weighted by molar-refractivity contribution is 9.10. The third kappa shape index (κ3) is 2.20. The van der Waals surface area contributed by atoms with Crippen molar-refractivity contribution in [1.29, 1.82) is 0 Å². The highest BCUT2D eigenvalue weighted by atomic mass is 79.9. The van der Waals surface area contributed by atoms with Crippen molar-refractivity contribution in [2.24, 2.45) is 0 Å². The van der Waals surface area contributed by atoms with Crippen molar-refractivity contribution >= 4 is 21.8 Å². The zero-order chi connectivity index (χ0) is 12.6. The van der Waals surface area contributed by atoms with Crippen LogP contribution in [0.25, 0.3) is 0 Å². The number of carbonyl (C=O) groups excluding carboxylic acids is 1. The van der Waals surface area contributed by atoms with Crippen LogP contribution in [0.5, 0.6) is 0 Å². The molecular weight excluding hydrogens is 292 g/mol. The van der Waals surface area contributed by atoms with Crippen LogP contribution in [0.2, 0.25) is 0 Å². The molecule has 0 aromatic heterocycles. The van der Waals surface area contributed by atoms with Crippen LogP contribution in [0.1, 0.15) is 30.1 Å². The summed E-state index contributed by atoms with van der Waals surface area (Å²) in [4.78, 5) is 13.6. The van der Waals surface area contributed by atoms with Gasteiger partial charge in [0.2, 0.25) is 0 Å². The molecule has 1 atom stereocenters. The van der Waals surface area contributed by atoms with Crippen molar-refractivity contribution in [2.75, 3.05) is 6.54 Å². The smallest absolute Gasteiger partial charge is 0.260 e. The molecule has 1 aromatic carbocycles. The second-order valence-electron chi connectivity index (χ2n) is 4.21. The summed E-state index contributed by atoms with van der Waals surface area (Å²) in [7, 11) is 0. The lowest BCUT2D eigenvalue weighted by molar-refractivity contribution is 0.0737. The van der Waals surface area contributed by atoms with Crippen LogP contribution in [-0.2, 0) is 0 Å². The zero-order valence-electron chi connectivity index (χ0n) is 9.34. The number of rotatable bonds is 1. The highest BCUT2D eigenvalue weighted by Gasteiger charge is 2.30. The molecule has 1 aliphatic rings. The van der Waals surface area contributed by atoms with Crippen molar-refractivity contribution in [3.8, 4) is 0 Å². The van der Waals surface area contributed by atoms with E-state index in [1.807, 2.05) is 6.92 Å². The van der Waals surface area contributed by atoms with E-state index in [0.29, 0.717) is 6.54 Å². The molecule has 1 saturated heterocycles. The maximum absolute atomic E-state index is 13.8. The molecule has 0 saturated carbocycles. The van der Waals surface area contributed by atoms with E-state index in [2.05, 4.69) is 15.9 Å². The van der Waals surface area contributed by atoms with Crippen LogP contribution in [0.15, 0.2) is 16.6 Å². The minimum Gasteiger partial charge on any atom is -0.336 e. The highest BCUT2D eigenvalue weighted by Crippen LogP contribution is 2.26. The van der Waals surface area contributed by atoms with Gasteiger partial charge < -0.3 is 4.90 Å². The molecule has 1 heterocycles. The van der Waals surface area contributed by atoms with Crippen molar-refractivity contribution in [3.05, 3.63) is 33.8 Å². The van der Waals surface area contributed by atoms with Gasteiger partial charge >= 0.3 is 0 Å². The average Bonchev–Trinajstić information content (AvgIpc) is 2.70. The quantitative estimate of drug-likeness (QED) is 0.729. The molecule has 1 fully saturated rings. The Morgan fingerprint density at radius 1 is 1.47 bits per heavy atom. The van der Waals surface area contributed by atoms with Gasteiger partial charge in [0.05, 0.1) is 4.47 Å². The summed E-state index contributed by atoms with van der Waals surface area (Å²) in [6, 6.07) is 2.40. The molecule has 1 aliphatic heterocycles. The van der Waals surface area contributed by atoms with Gasteiger partial charge in [-0.15, -0.1) is 0 Å². The minimum absolute atomic E-state index is 0.0419. The lowest BCUT2D eigenvalue weighted by Gasteiger charge is -2.22. The van der Waals surface area contributed by atoms with Gasteiger partial charge in [0, 0.05) is 12.6 Å². The summed E-state index contributed by atoms with van der Waals surface area (Å²) < 4.78 is 27.4. The standard InChI is InChI=1S/C12H12BrF2NO/c1-7-3-2-6-16(7)12(17)10-9(14)5-4-8(13)11(10)15/h4-5,7H,2-3,6H2,1H3/t7-/m1/s1. The van der Waals surface area contributed by atoms with Crippen molar-refractivity contribution in [1.82, 2.24) is 4.90 Å². The number of hydrogen-bond donors (Lipinski definition) is 0. The molecule has 0 spiro atoms. The fourth-order valence-corrected chi connectivity index (χ4v) is 2.43. The second kappa shape index (κ2) is 4.72. The van der Waals surface area contributed by atoms with E-state index in [1.165, 1.54) is 11.0 Å². The first-order valence-electron chi connectivity index (χ1n) is 5.47. The number of hydrogen-bond acceptors (Lipinski definition) is 1. The predicted molar refractivity (Wildman–Crippen MR) is 63.8 cm³/mol. The van der Waals surface area contributed by atoms with Crippen molar-refractivity contribution in [2.45, 2.75) is 25.8 Å². The number of carbonyl (C=O) groups is 1. The molecule has 0 bridgehead atoms. The molecule has 1 aromatic rings. The monoisotopic (exact) mass is 303 g/mol. The van der Waals surface area contributed by atoms with Gasteiger partial charge in [0.15, 0.2) is 5.82 Å². The Morgan fingerprint density at radius 3 is 2.76 bits per heavy atom. The average molecular weight is 304 g/mol. The maximum atomic E-state index is 13.8. The van der Waals surface area contributed by atoms with Crippen LogP contribution in [0.4, 0.5) is 8.78 Å². The van der Waals surface area contributed by atoms with E-state index < -0.39 is 23.1 Å². The normalized spacial score (nSPS) is 19.8. The van der Waals surface area contributed by atoms with Gasteiger partial charge in [-0.1, -0.05) is 0 Å². The number of nitrogens with zero attached hydrogens (tertiary/aromatic N) is 1. The summed E-state index contributed by atoms with van der Waals surface area (Å²) >= 11 is 2.96. The zero-order valence-corrected chi connectivity index (χ0v) is 10.9. The Balaban J connectivity index is 2.40. The first-order chi connectivity index (χ1) is 8.02. The summed E-state index contributed by atoms with van der Waals surface area (Å²) in [6.45, 7) is 2.45. The molecule has 2 nitrogen and oxygen atoms in total. The molecule has 0 N–H and O–H groups in total. The number of likely N-dealkylation sites (tertiary alicyclic amines) is 1. The van der Waals surface area contributed by atoms with Gasteiger partial charge in [-0.2, -0.15) is 0 Å². The topological polar surface area (TPSA) is 20.3 Å². The predicted octanol–water partition coefficient (Wildman–Crippen LogP) is 3.35. The molecule has 0 radical (unpaired) electrons. The lowest BCUT2D eigenvalue weighted by Crippen LogP contribution is -2.34. The fourth-order valence-electron chi connectivity index (χ4n) is 2.10. The molecular formula is C12H12BrF2NO. The van der Waals surface area contributed by atoms with Crippen molar-refractivity contribution < 1.29 is 13.6 Å². The van der Waals surface area contributed by atoms with Gasteiger partial charge in [-0.25, -0.2) is 8.78 Å². The summed E-state index contributed by atoms with van der Waals surface area (Å²) in [5.74, 6) is -2.20. The summed E-state index contributed by atoms with van der Waals surface area (Å²) in [6.07, 6.45) is 1.76. The third-order valence-electron chi connectivity index (χ3n) is 3.07. The van der Waals surface area contributed by atoms with Gasteiger partial charge in [-0.3, -0.25) is 4.79 Å². The molecule has 5 heteroatoms. The van der Waals surface area contributed by atoms with E-state index in [4.69, 9.17) is 0 Å². The Kier molecular flexibility index (Phi) is 3.47. The van der Waals surface area contributed by atoms with Crippen LogP contribution in [0.3, 0.4) is 0 Å². The second-order valence-corrected chi connectivity index (χ2v) is 5.06. The molecule has 2 rings (SSSR count).